The second-order valence-corrected chi connectivity index (χ2v) is 7.66. The van der Waals surface area contributed by atoms with Crippen molar-refractivity contribution in [2.75, 3.05) is 20.4 Å². The number of nitrogens with one attached hydrogen (secondary N) is 1. The topological polar surface area (TPSA) is 77.0 Å². The summed E-state index contributed by atoms with van der Waals surface area (Å²) in [5, 5.41) is 12.2. The molecule has 0 spiro atoms. The lowest BCUT2D eigenvalue weighted by atomic mass is 9.85. The number of amides is 1. The molecule has 1 aromatic carbocycles. The van der Waals surface area contributed by atoms with Gasteiger partial charge in [-0.25, -0.2) is 4.79 Å². The first kappa shape index (κ1) is 25.0. The van der Waals surface area contributed by atoms with E-state index in [2.05, 4.69) is 5.32 Å². The molecule has 0 saturated heterocycles. The Hall–Kier alpha value is -2.00. The van der Waals surface area contributed by atoms with E-state index in [0.29, 0.717) is 19.3 Å². The van der Waals surface area contributed by atoms with Gasteiger partial charge in [-0.1, -0.05) is 13.0 Å². The highest BCUT2D eigenvalue weighted by Gasteiger charge is 2.38. The van der Waals surface area contributed by atoms with Crippen LogP contribution in [-0.2, 0) is 26.0 Å². The van der Waals surface area contributed by atoms with Crippen molar-refractivity contribution in [3.63, 3.8) is 0 Å². The van der Waals surface area contributed by atoms with Gasteiger partial charge in [-0.05, 0) is 57.7 Å². The summed E-state index contributed by atoms with van der Waals surface area (Å²) in [6.07, 6.45) is -4.14. The SMILES string of the molecule is CCC(CCCNC(=O)OC(C)(C)C)(OCOC)c1ccc(O)c(C(F)(F)F)c1. The van der Waals surface area contributed by atoms with Gasteiger partial charge in [-0.2, -0.15) is 13.2 Å². The zero-order valence-corrected chi connectivity index (χ0v) is 17.5. The minimum absolute atomic E-state index is 0.116. The molecule has 0 saturated carbocycles. The van der Waals surface area contributed by atoms with Crippen LogP contribution in [-0.4, -0.2) is 37.2 Å². The number of alkyl carbamates (subject to hydrolysis) is 1. The van der Waals surface area contributed by atoms with E-state index in [1.165, 1.54) is 13.2 Å². The molecule has 0 aromatic heterocycles. The van der Waals surface area contributed by atoms with Crippen molar-refractivity contribution < 1.29 is 37.3 Å². The molecular formula is C20H30F3NO5. The van der Waals surface area contributed by atoms with Gasteiger partial charge >= 0.3 is 12.3 Å². The van der Waals surface area contributed by atoms with Crippen LogP contribution in [0.15, 0.2) is 18.2 Å². The second kappa shape index (κ2) is 10.2. The van der Waals surface area contributed by atoms with Crippen molar-refractivity contribution in [1.82, 2.24) is 5.32 Å². The standard InChI is InChI=1S/C20H30F3NO5/c1-6-19(28-13-27-5,10-7-11-24-17(26)29-18(2,3)4)14-8-9-16(25)15(12-14)20(21,22)23/h8-9,12,25H,6-7,10-11,13H2,1-5H3,(H,24,26). The normalized spacial score (nSPS) is 14.3. The average Bonchev–Trinajstić information content (AvgIpc) is 2.59. The van der Waals surface area contributed by atoms with Crippen LogP contribution in [0.1, 0.15) is 58.1 Å². The lowest BCUT2D eigenvalue weighted by Crippen LogP contribution is -2.35. The average molecular weight is 421 g/mol. The van der Waals surface area contributed by atoms with E-state index in [9.17, 15) is 23.1 Å². The molecule has 2 N–H and O–H groups in total. The third-order valence-electron chi connectivity index (χ3n) is 4.28. The fourth-order valence-corrected chi connectivity index (χ4v) is 2.88. The third kappa shape index (κ3) is 7.74. The summed E-state index contributed by atoms with van der Waals surface area (Å²) in [6.45, 7) is 7.17. The number of carbonyl (C=O) groups is 1. The molecule has 0 aliphatic carbocycles. The van der Waals surface area contributed by atoms with E-state index in [1.807, 2.05) is 0 Å². The third-order valence-corrected chi connectivity index (χ3v) is 4.28. The second-order valence-electron chi connectivity index (χ2n) is 7.66. The van der Waals surface area contributed by atoms with Gasteiger partial charge in [0.15, 0.2) is 0 Å². The van der Waals surface area contributed by atoms with Crippen LogP contribution in [0.3, 0.4) is 0 Å². The number of carbonyl (C=O) groups excluding carboxylic acids is 1. The number of hydrogen-bond donors (Lipinski definition) is 2. The lowest BCUT2D eigenvalue weighted by molar-refractivity contribution is -0.145. The number of aromatic hydroxyl groups is 1. The Morgan fingerprint density at radius 1 is 1.21 bits per heavy atom. The maximum atomic E-state index is 13.2. The van der Waals surface area contributed by atoms with Gasteiger partial charge in [-0.3, -0.25) is 0 Å². The van der Waals surface area contributed by atoms with E-state index in [0.717, 1.165) is 12.1 Å². The highest BCUT2D eigenvalue weighted by molar-refractivity contribution is 5.67. The molecule has 0 fully saturated rings. The van der Waals surface area contributed by atoms with Crippen LogP contribution >= 0.6 is 0 Å². The molecule has 1 aromatic rings. The zero-order chi connectivity index (χ0) is 22.3. The van der Waals surface area contributed by atoms with Gasteiger partial charge in [0, 0.05) is 13.7 Å². The van der Waals surface area contributed by atoms with E-state index in [-0.39, 0.29) is 18.9 Å². The molecule has 1 unspecified atom stereocenters. The molecule has 0 radical (unpaired) electrons. The highest BCUT2D eigenvalue weighted by Crippen LogP contribution is 2.41. The van der Waals surface area contributed by atoms with Gasteiger partial charge in [-0.15, -0.1) is 0 Å². The summed E-state index contributed by atoms with van der Waals surface area (Å²) in [4.78, 5) is 11.7. The molecule has 0 aliphatic heterocycles. The quantitative estimate of drug-likeness (QED) is 0.436. The first-order chi connectivity index (χ1) is 13.3. The Bertz CT molecular complexity index is 673. The minimum atomic E-state index is -4.70. The number of benzene rings is 1. The molecule has 29 heavy (non-hydrogen) atoms. The summed E-state index contributed by atoms with van der Waals surface area (Å²) in [5.74, 6) is -0.843. The first-order valence-electron chi connectivity index (χ1n) is 9.35. The molecule has 0 heterocycles. The van der Waals surface area contributed by atoms with Crippen molar-refractivity contribution in [2.45, 2.75) is 64.3 Å². The number of hydrogen-bond acceptors (Lipinski definition) is 5. The van der Waals surface area contributed by atoms with Crippen LogP contribution < -0.4 is 5.32 Å². The number of alkyl halides is 3. The van der Waals surface area contributed by atoms with E-state index in [1.54, 1.807) is 27.7 Å². The van der Waals surface area contributed by atoms with Gasteiger partial charge in [0.05, 0.1) is 11.2 Å². The highest BCUT2D eigenvalue weighted by atomic mass is 19.4. The fraction of sp³-hybridized carbons (Fsp3) is 0.650. The monoisotopic (exact) mass is 421 g/mol. The Kier molecular flexibility index (Phi) is 8.77. The van der Waals surface area contributed by atoms with Gasteiger partial charge in [0.25, 0.3) is 0 Å². The van der Waals surface area contributed by atoms with Crippen LogP contribution in [0.2, 0.25) is 0 Å². The molecule has 1 amide bonds. The number of ether oxygens (including phenoxy) is 3. The van der Waals surface area contributed by atoms with E-state index < -0.39 is 34.8 Å². The van der Waals surface area contributed by atoms with E-state index >= 15 is 0 Å². The van der Waals surface area contributed by atoms with E-state index in [4.69, 9.17) is 14.2 Å². The minimum Gasteiger partial charge on any atom is -0.507 e. The molecule has 0 bridgehead atoms. The number of phenols is 1. The van der Waals surface area contributed by atoms with Crippen molar-refractivity contribution in [1.29, 1.82) is 0 Å². The Morgan fingerprint density at radius 3 is 2.38 bits per heavy atom. The summed E-state index contributed by atoms with van der Waals surface area (Å²) in [6, 6.07) is 3.32. The first-order valence-corrected chi connectivity index (χ1v) is 9.35. The zero-order valence-electron chi connectivity index (χ0n) is 17.5. The summed E-state index contributed by atoms with van der Waals surface area (Å²) < 4.78 is 55.6. The Labute approximate surface area is 169 Å². The van der Waals surface area contributed by atoms with Crippen molar-refractivity contribution in [2.24, 2.45) is 0 Å². The molecule has 166 valence electrons. The van der Waals surface area contributed by atoms with Crippen molar-refractivity contribution in [3.05, 3.63) is 29.3 Å². The molecule has 6 nitrogen and oxygen atoms in total. The van der Waals surface area contributed by atoms with Crippen LogP contribution in [0.4, 0.5) is 18.0 Å². The number of halogens is 3. The van der Waals surface area contributed by atoms with Gasteiger partial charge in [0.1, 0.15) is 18.1 Å². The van der Waals surface area contributed by atoms with Crippen LogP contribution in [0, 0.1) is 0 Å². The summed E-state index contributed by atoms with van der Waals surface area (Å²) >= 11 is 0. The molecule has 0 aliphatic rings. The molecular weight excluding hydrogens is 391 g/mol. The maximum Gasteiger partial charge on any atom is 0.419 e. The smallest absolute Gasteiger partial charge is 0.419 e. The number of rotatable bonds is 9. The van der Waals surface area contributed by atoms with Crippen LogP contribution in [0.5, 0.6) is 5.75 Å². The largest absolute Gasteiger partial charge is 0.507 e. The summed E-state index contributed by atoms with van der Waals surface area (Å²) in [5.41, 5.74) is -2.54. The van der Waals surface area contributed by atoms with Crippen molar-refractivity contribution in [3.8, 4) is 5.75 Å². The molecule has 1 rings (SSSR count). The van der Waals surface area contributed by atoms with Gasteiger partial charge < -0.3 is 24.6 Å². The Morgan fingerprint density at radius 2 is 1.86 bits per heavy atom. The Balaban J connectivity index is 2.98. The number of phenolic OH excluding ortho intramolecular Hbond substituents is 1. The lowest BCUT2D eigenvalue weighted by Gasteiger charge is -2.34. The fourth-order valence-electron chi connectivity index (χ4n) is 2.88. The van der Waals surface area contributed by atoms with Crippen LogP contribution in [0.25, 0.3) is 0 Å². The number of methoxy groups -OCH3 is 1. The van der Waals surface area contributed by atoms with Gasteiger partial charge in [0.2, 0.25) is 0 Å². The maximum absolute atomic E-state index is 13.2. The molecule has 1 atom stereocenters. The predicted molar refractivity (Wildman–Crippen MR) is 102 cm³/mol. The molecule has 9 heteroatoms. The van der Waals surface area contributed by atoms with Crippen molar-refractivity contribution >= 4 is 6.09 Å². The predicted octanol–water partition coefficient (Wildman–Crippen LogP) is 4.94. The summed E-state index contributed by atoms with van der Waals surface area (Å²) in [7, 11) is 1.42.